The number of carbonyl (C=O) groups is 1. The van der Waals surface area contributed by atoms with Crippen molar-refractivity contribution in [1.29, 1.82) is 0 Å². The van der Waals surface area contributed by atoms with Gasteiger partial charge in [0.15, 0.2) is 5.96 Å². The molecule has 0 bridgehead atoms. The molecular weight excluding hydrogens is 296 g/mol. The number of carbonyl (C=O) groups excluding carboxylic acids is 1. The molecule has 0 aliphatic heterocycles. The summed E-state index contributed by atoms with van der Waals surface area (Å²) in [6.07, 6.45) is 2.23. The quantitative estimate of drug-likeness (QED) is 0.298. The van der Waals surface area contributed by atoms with Gasteiger partial charge in [-0.2, -0.15) is 0 Å². The zero-order valence-electron chi connectivity index (χ0n) is 15.3. The minimum atomic E-state index is -0.233. The van der Waals surface area contributed by atoms with Crippen LogP contribution in [0.5, 0.6) is 0 Å². The first-order chi connectivity index (χ1) is 10.9. The molecule has 136 valence electrons. The van der Waals surface area contributed by atoms with Gasteiger partial charge in [-0.3, -0.25) is 9.79 Å². The van der Waals surface area contributed by atoms with Crippen LogP contribution in [-0.4, -0.2) is 64.0 Å². The minimum Gasteiger partial charge on any atom is -0.379 e. The van der Waals surface area contributed by atoms with Crippen molar-refractivity contribution in [2.45, 2.75) is 46.1 Å². The first kappa shape index (κ1) is 21.7. The SMILES string of the molecule is CCCCOCCOCCNC(=NC)NCC(=O)NC(C)(C)C. The lowest BCUT2D eigenvalue weighted by atomic mass is 10.1. The maximum Gasteiger partial charge on any atom is 0.239 e. The largest absolute Gasteiger partial charge is 0.379 e. The van der Waals surface area contributed by atoms with Gasteiger partial charge in [0, 0.05) is 25.7 Å². The molecule has 0 rings (SSSR count). The monoisotopic (exact) mass is 330 g/mol. The number of amides is 1. The number of nitrogens with one attached hydrogen (secondary N) is 3. The van der Waals surface area contributed by atoms with Crippen LogP contribution in [0.2, 0.25) is 0 Å². The molecule has 23 heavy (non-hydrogen) atoms. The van der Waals surface area contributed by atoms with Gasteiger partial charge in [-0.05, 0) is 27.2 Å². The molecular formula is C16H34N4O3. The number of hydrogen-bond donors (Lipinski definition) is 3. The van der Waals surface area contributed by atoms with Crippen molar-refractivity contribution >= 4 is 11.9 Å². The van der Waals surface area contributed by atoms with Crippen LogP contribution in [0.1, 0.15) is 40.5 Å². The topological polar surface area (TPSA) is 84.0 Å². The molecule has 1 amide bonds. The maximum absolute atomic E-state index is 11.7. The molecule has 0 aromatic heterocycles. The first-order valence-corrected chi connectivity index (χ1v) is 8.30. The average molecular weight is 330 g/mol. The summed E-state index contributed by atoms with van der Waals surface area (Å²) in [7, 11) is 1.67. The summed E-state index contributed by atoms with van der Waals surface area (Å²) in [5.74, 6) is 0.512. The van der Waals surface area contributed by atoms with Crippen molar-refractivity contribution in [3.05, 3.63) is 0 Å². The highest BCUT2D eigenvalue weighted by molar-refractivity contribution is 5.86. The van der Waals surface area contributed by atoms with Crippen molar-refractivity contribution in [3.63, 3.8) is 0 Å². The molecule has 0 fully saturated rings. The molecule has 0 radical (unpaired) electrons. The minimum absolute atomic E-state index is 0.0686. The number of rotatable bonds is 11. The molecule has 7 heteroatoms. The van der Waals surface area contributed by atoms with Gasteiger partial charge >= 0.3 is 0 Å². The number of hydrogen-bond acceptors (Lipinski definition) is 4. The molecule has 0 atom stereocenters. The molecule has 0 saturated heterocycles. The zero-order chi connectivity index (χ0) is 17.6. The lowest BCUT2D eigenvalue weighted by Gasteiger charge is -2.21. The molecule has 0 saturated carbocycles. The lowest BCUT2D eigenvalue weighted by Crippen LogP contribution is -2.48. The van der Waals surface area contributed by atoms with Gasteiger partial charge in [-0.15, -0.1) is 0 Å². The summed E-state index contributed by atoms with van der Waals surface area (Å²) in [5, 5.41) is 8.94. The molecule has 0 heterocycles. The van der Waals surface area contributed by atoms with Crippen LogP contribution in [0.3, 0.4) is 0 Å². The normalized spacial score (nSPS) is 12.1. The van der Waals surface area contributed by atoms with Crippen molar-refractivity contribution in [1.82, 2.24) is 16.0 Å². The van der Waals surface area contributed by atoms with Gasteiger partial charge in [0.05, 0.1) is 26.4 Å². The highest BCUT2D eigenvalue weighted by Crippen LogP contribution is 1.97. The number of aliphatic imine (C=N–C) groups is 1. The molecule has 7 nitrogen and oxygen atoms in total. The fourth-order valence-electron chi connectivity index (χ4n) is 1.66. The molecule has 0 aromatic rings. The van der Waals surface area contributed by atoms with E-state index in [-0.39, 0.29) is 18.0 Å². The second-order valence-corrected chi connectivity index (χ2v) is 6.23. The number of ether oxygens (including phenoxy) is 2. The van der Waals surface area contributed by atoms with E-state index >= 15 is 0 Å². The number of unbranched alkanes of at least 4 members (excludes halogenated alkanes) is 1. The molecule has 0 aliphatic rings. The van der Waals surface area contributed by atoms with Crippen LogP contribution in [0, 0.1) is 0 Å². The summed E-state index contributed by atoms with van der Waals surface area (Å²) in [6, 6.07) is 0. The predicted octanol–water partition coefficient (Wildman–Crippen LogP) is 0.899. The fourth-order valence-corrected chi connectivity index (χ4v) is 1.66. The third-order valence-electron chi connectivity index (χ3n) is 2.71. The Labute approximate surface area is 140 Å². The third kappa shape index (κ3) is 15.3. The Morgan fingerprint density at radius 2 is 1.70 bits per heavy atom. The number of guanidine groups is 1. The maximum atomic E-state index is 11.7. The average Bonchev–Trinajstić information content (AvgIpc) is 2.46. The number of nitrogens with zero attached hydrogens (tertiary/aromatic N) is 1. The Bertz CT molecular complexity index is 341. The first-order valence-electron chi connectivity index (χ1n) is 8.30. The smallest absolute Gasteiger partial charge is 0.239 e. The van der Waals surface area contributed by atoms with Gasteiger partial charge in [0.2, 0.25) is 5.91 Å². The second kappa shape index (κ2) is 13.1. The highest BCUT2D eigenvalue weighted by Gasteiger charge is 2.13. The van der Waals surface area contributed by atoms with Gasteiger partial charge in [0.1, 0.15) is 0 Å². The van der Waals surface area contributed by atoms with E-state index in [1.165, 1.54) is 0 Å². The van der Waals surface area contributed by atoms with Crippen molar-refractivity contribution in [2.75, 3.05) is 46.6 Å². The van der Waals surface area contributed by atoms with Crippen molar-refractivity contribution in [2.24, 2.45) is 4.99 Å². The van der Waals surface area contributed by atoms with Crippen LogP contribution in [0.4, 0.5) is 0 Å². The second-order valence-electron chi connectivity index (χ2n) is 6.23. The summed E-state index contributed by atoms with van der Waals surface area (Å²) in [6.45, 7) is 11.4. The van der Waals surface area contributed by atoms with E-state index in [0.717, 1.165) is 19.4 Å². The van der Waals surface area contributed by atoms with Gasteiger partial charge in [-0.1, -0.05) is 13.3 Å². The Morgan fingerprint density at radius 3 is 2.26 bits per heavy atom. The zero-order valence-corrected chi connectivity index (χ0v) is 15.3. The van der Waals surface area contributed by atoms with E-state index in [2.05, 4.69) is 27.9 Å². The fraction of sp³-hybridized carbons (Fsp3) is 0.875. The van der Waals surface area contributed by atoms with E-state index in [1.54, 1.807) is 7.05 Å². The Hall–Kier alpha value is -1.34. The molecule has 0 spiro atoms. The highest BCUT2D eigenvalue weighted by atomic mass is 16.5. The van der Waals surface area contributed by atoms with Crippen LogP contribution in [-0.2, 0) is 14.3 Å². The lowest BCUT2D eigenvalue weighted by molar-refractivity contribution is -0.121. The third-order valence-corrected chi connectivity index (χ3v) is 2.71. The van der Waals surface area contributed by atoms with E-state index in [4.69, 9.17) is 9.47 Å². The van der Waals surface area contributed by atoms with Gasteiger partial charge < -0.3 is 25.4 Å². The molecule has 0 aromatic carbocycles. The summed E-state index contributed by atoms with van der Waals surface area (Å²) in [4.78, 5) is 15.8. The van der Waals surface area contributed by atoms with E-state index in [0.29, 0.717) is 32.3 Å². The van der Waals surface area contributed by atoms with Crippen molar-refractivity contribution < 1.29 is 14.3 Å². The summed E-state index contributed by atoms with van der Waals surface area (Å²) in [5.41, 5.74) is -0.233. The standard InChI is InChI=1S/C16H34N4O3/c1-6-7-9-22-11-12-23-10-8-18-15(17-5)19-13-14(21)20-16(2,3)4/h6-13H2,1-5H3,(H,20,21)(H2,17,18,19). The van der Waals surface area contributed by atoms with Crippen LogP contribution in [0.15, 0.2) is 4.99 Å². The van der Waals surface area contributed by atoms with Gasteiger partial charge in [0.25, 0.3) is 0 Å². The van der Waals surface area contributed by atoms with Crippen molar-refractivity contribution in [3.8, 4) is 0 Å². The Balaban J connectivity index is 3.62. The molecule has 0 aliphatic carbocycles. The van der Waals surface area contributed by atoms with Gasteiger partial charge in [-0.25, -0.2) is 0 Å². The Kier molecular flexibility index (Phi) is 12.4. The van der Waals surface area contributed by atoms with E-state index in [9.17, 15) is 4.79 Å². The molecule has 0 unspecified atom stereocenters. The Morgan fingerprint density at radius 1 is 1.04 bits per heavy atom. The summed E-state index contributed by atoms with van der Waals surface area (Å²) >= 11 is 0. The molecule has 3 N–H and O–H groups in total. The van der Waals surface area contributed by atoms with E-state index < -0.39 is 0 Å². The van der Waals surface area contributed by atoms with Crippen LogP contribution in [0.25, 0.3) is 0 Å². The summed E-state index contributed by atoms with van der Waals surface area (Å²) < 4.78 is 10.9. The van der Waals surface area contributed by atoms with Crippen LogP contribution < -0.4 is 16.0 Å². The van der Waals surface area contributed by atoms with Crippen LogP contribution >= 0.6 is 0 Å². The van der Waals surface area contributed by atoms with E-state index in [1.807, 2.05) is 20.8 Å². The predicted molar refractivity (Wildman–Crippen MR) is 93.8 cm³/mol.